The van der Waals surface area contributed by atoms with Crippen LogP contribution in [0.25, 0.3) is 0 Å². The van der Waals surface area contributed by atoms with Gasteiger partial charge in [0.25, 0.3) is 0 Å². The van der Waals surface area contributed by atoms with Gasteiger partial charge in [-0.3, -0.25) is 4.79 Å². The van der Waals surface area contributed by atoms with E-state index in [0.717, 1.165) is 18.6 Å². The van der Waals surface area contributed by atoms with Gasteiger partial charge in [0.2, 0.25) is 5.91 Å². The third-order valence-electron chi connectivity index (χ3n) is 2.78. The van der Waals surface area contributed by atoms with E-state index in [1.807, 2.05) is 6.92 Å². The Hall–Kier alpha value is -1.52. The topological polar surface area (TPSA) is 67.2 Å². The molecule has 16 heavy (non-hydrogen) atoms. The Morgan fingerprint density at radius 1 is 1.56 bits per heavy atom. The van der Waals surface area contributed by atoms with Crippen LogP contribution < -0.4 is 10.6 Å². The van der Waals surface area contributed by atoms with Crippen molar-refractivity contribution < 1.29 is 9.32 Å². The molecule has 0 radical (unpaired) electrons. The molecule has 1 saturated carbocycles. The molecule has 1 heterocycles. The predicted molar refractivity (Wildman–Crippen MR) is 60.1 cm³/mol. The van der Waals surface area contributed by atoms with Crippen molar-refractivity contribution >= 4 is 11.7 Å². The molecule has 0 aliphatic heterocycles. The Kier molecular flexibility index (Phi) is 3.44. The summed E-state index contributed by atoms with van der Waals surface area (Å²) in [4.78, 5) is 11.5. The zero-order chi connectivity index (χ0) is 11.4. The van der Waals surface area contributed by atoms with E-state index >= 15 is 0 Å². The van der Waals surface area contributed by atoms with Gasteiger partial charge in [0.05, 0.1) is 6.54 Å². The van der Waals surface area contributed by atoms with E-state index in [2.05, 4.69) is 15.8 Å². The van der Waals surface area contributed by atoms with Crippen molar-refractivity contribution in [3.63, 3.8) is 0 Å². The normalized spacial score (nSPS) is 16.3. The monoisotopic (exact) mass is 223 g/mol. The van der Waals surface area contributed by atoms with Crippen LogP contribution in [0.15, 0.2) is 10.6 Å². The van der Waals surface area contributed by atoms with Gasteiger partial charge in [0.15, 0.2) is 5.82 Å². The van der Waals surface area contributed by atoms with E-state index in [1.165, 1.54) is 12.8 Å². The Labute approximate surface area is 94.6 Å². The van der Waals surface area contributed by atoms with Gasteiger partial charge in [0.1, 0.15) is 5.76 Å². The van der Waals surface area contributed by atoms with Crippen LogP contribution >= 0.6 is 0 Å². The van der Waals surface area contributed by atoms with E-state index in [9.17, 15) is 4.79 Å². The zero-order valence-electron chi connectivity index (χ0n) is 9.45. The smallest absolute Gasteiger partial charge is 0.239 e. The molecular formula is C11H17N3O2. The fourth-order valence-electron chi connectivity index (χ4n) is 1.97. The molecule has 0 unspecified atom stereocenters. The highest BCUT2D eigenvalue weighted by Gasteiger charge is 2.16. The van der Waals surface area contributed by atoms with Crippen molar-refractivity contribution in [1.29, 1.82) is 0 Å². The average molecular weight is 223 g/mol. The van der Waals surface area contributed by atoms with E-state index in [1.54, 1.807) is 6.07 Å². The second-order valence-corrected chi connectivity index (χ2v) is 4.23. The van der Waals surface area contributed by atoms with Gasteiger partial charge in [-0.05, 0) is 19.8 Å². The summed E-state index contributed by atoms with van der Waals surface area (Å²) in [6.07, 6.45) is 4.66. The van der Waals surface area contributed by atoms with Crippen LogP contribution in [-0.2, 0) is 4.79 Å². The number of carbonyl (C=O) groups excluding carboxylic acids is 1. The average Bonchev–Trinajstić information content (AvgIpc) is 2.87. The van der Waals surface area contributed by atoms with E-state index < -0.39 is 0 Å². The maximum Gasteiger partial charge on any atom is 0.239 e. The zero-order valence-corrected chi connectivity index (χ0v) is 9.45. The summed E-state index contributed by atoms with van der Waals surface area (Å²) in [6.45, 7) is 2.07. The van der Waals surface area contributed by atoms with Gasteiger partial charge in [-0.1, -0.05) is 18.0 Å². The number of nitrogens with one attached hydrogen (secondary N) is 2. The van der Waals surface area contributed by atoms with Gasteiger partial charge in [-0.25, -0.2) is 0 Å². The number of hydrogen-bond acceptors (Lipinski definition) is 4. The summed E-state index contributed by atoms with van der Waals surface area (Å²) >= 11 is 0. The Morgan fingerprint density at radius 2 is 2.31 bits per heavy atom. The fourth-order valence-corrected chi connectivity index (χ4v) is 1.97. The van der Waals surface area contributed by atoms with E-state index in [4.69, 9.17) is 4.52 Å². The lowest BCUT2D eigenvalue weighted by atomic mass is 10.2. The van der Waals surface area contributed by atoms with Crippen molar-refractivity contribution in [3.05, 3.63) is 11.8 Å². The van der Waals surface area contributed by atoms with E-state index in [-0.39, 0.29) is 12.5 Å². The van der Waals surface area contributed by atoms with Crippen LogP contribution in [0.2, 0.25) is 0 Å². The molecule has 2 rings (SSSR count). The molecule has 0 spiro atoms. The first kappa shape index (κ1) is 11.0. The van der Waals surface area contributed by atoms with Crippen LogP contribution in [-0.4, -0.2) is 23.7 Å². The molecule has 0 bridgehead atoms. The lowest BCUT2D eigenvalue weighted by Gasteiger charge is -2.11. The second-order valence-electron chi connectivity index (χ2n) is 4.23. The largest absolute Gasteiger partial charge is 0.360 e. The predicted octanol–water partition coefficient (Wildman–Crippen LogP) is 1.45. The minimum Gasteiger partial charge on any atom is -0.360 e. The lowest BCUT2D eigenvalue weighted by molar-refractivity contribution is -0.120. The van der Waals surface area contributed by atoms with E-state index in [0.29, 0.717) is 11.9 Å². The molecule has 0 aromatic carbocycles. The summed E-state index contributed by atoms with van der Waals surface area (Å²) in [5, 5.41) is 9.67. The molecule has 0 atom stereocenters. The second kappa shape index (κ2) is 5.01. The molecule has 5 nitrogen and oxygen atoms in total. The third-order valence-corrected chi connectivity index (χ3v) is 2.78. The van der Waals surface area contributed by atoms with Gasteiger partial charge < -0.3 is 15.2 Å². The maximum atomic E-state index is 11.5. The Bertz CT molecular complexity index is 356. The molecular weight excluding hydrogens is 206 g/mol. The molecule has 1 amide bonds. The third kappa shape index (κ3) is 2.98. The SMILES string of the molecule is Cc1cc(NCC(=O)NC2CCCC2)no1. The Balaban J connectivity index is 1.71. The number of amides is 1. The van der Waals surface area contributed by atoms with Gasteiger partial charge in [-0.15, -0.1) is 0 Å². The quantitative estimate of drug-likeness (QED) is 0.810. The van der Waals surface area contributed by atoms with Gasteiger partial charge in [0, 0.05) is 12.1 Å². The summed E-state index contributed by atoms with van der Waals surface area (Å²) in [7, 11) is 0. The molecule has 1 fully saturated rings. The first-order valence-corrected chi connectivity index (χ1v) is 5.70. The summed E-state index contributed by atoms with van der Waals surface area (Å²) in [6, 6.07) is 2.14. The molecule has 5 heteroatoms. The number of rotatable bonds is 4. The molecule has 88 valence electrons. The number of nitrogens with zero attached hydrogens (tertiary/aromatic N) is 1. The molecule has 1 aromatic heterocycles. The van der Waals surface area contributed by atoms with Crippen molar-refractivity contribution in [2.45, 2.75) is 38.6 Å². The van der Waals surface area contributed by atoms with Crippen LogP contribution in [0.1, 0.15) is 31.4 Å². The van der Waals surface area contributed by atoms with Crippen molar-refractivity contribution in [1.82, 2.24) is 10.5 Å². The van der Waals surface area contributed by atoms with Crippen molar-refractivity contribution in [2.24, 2.45) is 0 Å². The van der Waals surface area contributed by atoms with Gasteiger partial charge >= 0.3 is 0 Å². The first-order chi connectivity index (χ1) is 7.74. The number of aryl methyl sites for hydroxylation is 1. The molecule has 1 aromatic rings. The standard InChI is InChI=1S/C11H17N3O2/c1-8-6-10(14-16-8)12-7-11(15)13-9-4-2-3-5-9/h6,9H,2-5,7H2,1H3,(H,12,14)(H,13,15). The summed E-state index contributed by atoms with van der Waals surface area (Å²) in [5.74, 6) is 1.37. The molecule has 1 aliphatic rings. The highest BCUT2D eigenvalue weighted by molar-refractivity contribution is 5.80. The van der Waals surface area contributed by atoms with Crippen molar-refractivity contribution in [3.8, 4) is 0 Å². The summed E-state index contributed by atoms with van der Waals surface area (Å²) in [5.41, 5.74) is 0. The van der Waals surface area contributed by atoms with Crippen LogP contribution in [0, 0.1) is 6.92 Å². The highest BCUT2D eigenvalue weighted by atomic mass is 16.5. The summed E-state index contributed by atoms with van der Waals surface area (Å²) < 4.78 is 4.89. The first-order valence-electron chi connectivity index (χ1n) is 5.70. The van der Waals surface area contributed by atoms with Crippen molar-refractivity contribution in [2.75, 3.05) is 11.9 Å². The Morgan fingerprint density at radius 3 is 2.94 bits per heavy atom. The molecule has 1 aliphatic carbocycles. The van der Waals surface area contributed by atoms with Gasteiger partial charge in [-0.2, -0.15) is 0 Å². The molecule has 0 saturated heterocycles. The lowest BCUT2D eigenvalue weighted by Crippen LogP contribution is -2.36. The minimum atomic E-state index is 0.0209. The van der Waals surface area contributed by atoms with Crippen LogP contribution in [0.3, 0.4) is 0 Å². The number of carbonyl (C=O) groups is 1. The van der Waals surface area contributed by atoms with Crippen LogP contribution in [0.4, 0.5) is 5.82 Å². The maximum absolute atomic E-state index is 11.5. The number of anilines is 1. The minimum absolute atomic E-state index is 0.0209. The number of hydrogen-bond donors (Lipinski definition) is 2. The number of aromatic nitrogens is 1. The van der Waals surface area contributed by atoms with Crippen LogP contribution in [0.5, 0.6) is 0 Å². The highest BCUT2D eigenvalue weighted by Crippen LogP contribution is 2.17. The fraction of sp³-hybridized carbons (Fsp3) is 0.636. The molecule has 2 N–H and O–H groups in total.